The maximum Gasteiger partial charge on any atom is 0.163 e. The molecule has 1 fully saturated rings. The molecular formula is C22H30N6. The number of piperidine rings is 1. The van der Waals surface area contributed by atoms with Crippen LogP contribution >= 0.6 is 0 Å². The van der Waals surface area contributed by atoms with Crippen LogP contribution in [0.2, 0.25) is 0 Å². The first-order valence-corrected chi connectivity index (χ1v) is 10.3. The molecule has 1 aromatic carbocycles. The van der Waals surface area contributed by atoms with E-state index in [2.05, 4.69) is 65.2 Å². The number of rotatable bonds is 7. The number of nitrogens with zero attached hydrogens (tertiary/aromatic N) is 3. The molecule has 3 N–H and O–H groups in total. The Labute approximate surface area is 166 Å². The van der Waals surface area contributed by atoms with Crippen molar-refractivity contribution in [1.82, 2.24) is 19.9 Å². The molecule has 0 amide bonds. The summed E-state index contributed by atoms with van der Waals surface area (Å²) in [5.41, 5.74) is 3.34. The van der Waals surface area contributed by atoms with Crippen LogP contribution in [-0.2, 0) is 6.54 Å². The summed E-state index contributed by atoms with van der Waals surface area (Å²) in [6.45, 7) is 8.29. The first kappa shape index (κ1) is 18.7. The Balaban J connectivity index is 1.58. The zero-order chi connectivity index (χ0) is 19.3. The molecule has 3 aromatic rings. The van der Waals surface area contributed by atoms with Crippen LogP contribution in [0.4, 0.5) is 11.6 Å². The van der Waals surface area contributed by atoms with Gasteiger partial charge in [-0.3, -0.25) is 0 Å². The predicted molar refractivity (Wildman–Crippen MR) is 115 cm³/mol. The fraction of sp³-hybridized carbons (Fsp3) is 0.455. The average molecular weight is 379 g/mol. The Morgan fingerprint density at radius 2 is 2.07 bits per heavy atom. The molecule has 148 valence electrons. The zero-order valence-electron chi connectivity index (χ0n) is 16.8. The molecule has 1 unspecified atom stereocenters. The van der Waals surface area contributed by atoms with Gasteiger partial charge in [-0.1, -0.05) is 44.2 Å². The second-order valence-corrected chi connectivity index (χ2v) is 7.95. The average Bonchev–Trinajstić information content (AvgIpc) is 3.16. The van der Waals surface area contributed by atoms with Crippen molar-refractivity contribution < 1.29 is 0 Å². The van der Waals surface area contributed by atoms with E-state index < -0.39 is 0 Å². The molecule has 0 spiro atoms. The van der Waals surface area contributed by atoms with Crippen LogP contribution in [0, 0.1) is 5.92 Å². The number of aromatic nitrogens is 3. The smallest absolute Gasteiger partial charge is 0.163 e. The third-order valence-corrected chi connectivity index (χ3v) is 5.41. The minimum absolute atomic E-state index is 0.379. The summed E-state index contributed by atoms with van der Waals surface area (Å²) in [7, 11) is 0. The van der Waals surface area contributed by atoms with E-state index in [4.69, 9.17) is 4.98 Å². The van der Waals surface area contributed by atoms with E-state index >= 15 is 0 Å². The number of benzene rings is 1. The van der Waals surface area contributed by atoms with Gasteiger partial charge in [-0.15, -0.1) is 0 Å². The second-order valence-electron chi connectivity index (χ2n) is 7.95. The molecule has 6 nitrogen and oxygen atoms in total. The Hall–Kier alpha value is -2.60. The van der Waals surface area contributed by atoms with Crippen molar-refractivity contribution in [3.8, 4) is 0 Å². The number of anilines is 2. The van der Waals surface area contributed by atoms with Crippen molar-refractivity contribution in [3.63, 3.8) is 0 Å². The van der Waals surface area contributed by atoms with Crippen LogP contribution in [0.1, 0.15) is 43.7 Å². The highest BCUT2D eigenvalue weighted by Gasteiger charge is 2.16. The molecule has 6 heteroatoms. The second kappa shape index (κ2) is 8.61. The predicted octanol–water partition coefficient (Wildman–Crippen LogP) is 3.88. The van der Waals surface area contributed by atoms with E-state index in [0.717, 1.165) is 43.5 Å². The first-order valence-electron chi connectivity index (χ1n) is 10.3. The van der Waals surface area contributed by atoms with Crippen molar-refractivity contribution in [2.45, 2.75) is 39.2 Å². The lowest BCUT2D eigenvalue weighted by atomic mass is 10.00. The van der Waals surface area contributed by atoms with Gasteiger partial charge in [-0.2, -0.15) is 9.61 Å². The number of fused-ring (bicyclic) bond motifs is 1. The van der Waals surface area contributed by atoms with Gasteiger partial charge in [0.05, 0.1) is 6.20 Å². The van der Waals surface area contributed by atoms with E-state index in [0.29, 0.717) is 11.8 Å². The van der Waals surface area contributed by atoms with Gasteiger partial charge in [-0.25, -0.2) is 4.98 Å². The highest BCUT2D eigenvalue weighted by molar-refractivity contribution is 5.61. The van der Waals surface area contributed by atoms with Gasteiger partial charge in [0.15, 0.2) is 5.65 Å². The third-order valence-electron chi connectivity index (χ3n) is 5.41. The Morgan fingerprint density at radius 3 is 2.82 bits per heavy atom. The normalized spacial score (nSPS) is 17.2. The molecule has 0 radical (unpaired) electrons. The van der Waals surface area contributed by atoms with Gasteiger partial charge in [-0.05, 0) is 43.3 Å². The SMILES string of the molecule is CC(C)c1cnn2c(NCc3ccccc3)cc(NCC3CCCNC3)nc12. The van der Waals surface area contributed by atoms with Crippen molar-refractivity contribution in [2.24, 2.45) is 5.92 Å². The largest absolute Gasteiger partial charge is 0.370 e. The van der Waals surface area contributed by atoms with E-state index in [1.807, 2.05) is 16.8 Å². The minimum atomic E-state index is 0.379. The molecule has 1 saturated heterocycles. The molecule has 4 rings (SSSR count). The molecule has 0 aliphatic carbocycles. The topological polar surface area (TPSA) is 66.3 Å². The zero-order valence-corrected chi connectivity index (χ0v) is 16.8. The number of hydrogen-bond donors (Lipinski definition) is 3. The molecule has 1 aliphatic rings. The van der Waals surface area contributed by atoms with Crippen LogP contribution in [0.5, 0.6) is 0 Å². The van der Waals surface area contributed by atoms with Crippen molar-refractivity contribution in [2.75, 3.05) is 30.3 Å². The summed E-state index contributed by atoms with van der Waals surface area (Å²) in [5, 5.41) is 15.2. The van der Waals surface area contributed by atoms with Crippen molar-refractivity contribution >= 4 is 17.3 Å². The van der Waals surface area contributed by atoms with Gasteiger partial charge < -0.3 is 16.0 Å². The van der Waals surface area contributed by atoms with Crippen LogP contribution in [0.15, 0.2) is 42.6 Å². The summed E-state index contributed by atoms with van der Waals surface area (Å²) in [6.07, 6.45) is 4.46. The lowest BCUT2D eigenvalue weighted by Gasteiger charge is -2.23. The van der Waals surface area contributed by atoms with E-state index in [1.54, 1.807) is 0 Å². The molecule has 28 heavy (non-hydrogen) atoms. The Morgan fingerprint density at radius 1 is 1.21 bits per heavy atom. The van der Waals surface area contributed by atoms with Gasteiger partial charge in [0.1, 0.15) is 11.6 Å². The van der Waals surface area contributed by atoms with Gasteiger partial charge in [0, 0.05) is 24.7 Å². The fourth-order valence-corrected chi connectivity index (χ4v) is 3.74. The first-order chi connectivity index (χ1) is 13.7. The molecule has 3 heterocycles. The highest BCUT2D eigenvalue weighted by atomic mass is 15.3. The van der Waals surface area contributed by atoms with Crippen LogP contribution in [-0.4, -0.2) is 34.2 Å². The van der Waals surface area contributed by atoms with Crippen LogP contribution in [0.3, 0.4) is 0 Å². The number of nitrogens with one attached hydrogen (secondary N) is 3. The third kappa shape index (κ3) is 4.28. The fourth-order valence-electron chi connectivity index (χ4n) is 3.74. The summed E-state index contributed by atoms with van der Waals surface area (Å²) < 4.78 is 1.92. The molecule has 2 aromatic heterocycles. The standard InChI is InChI=1S/C22H30N6/c1-16(2)19-15-26-28-21(25-13-17-7-4-3-5-8-17)11-20(27-22(19)28)24-14-18-9-6-10-23-12-18/h3-5,7-8,11,15-16,18,23,25H,6,9-10,12-14H2,1-2H3,(H,24,27). The molecule has 0 saturated carbocycles. The molecule has 1 atom stereocenters. The quantitative estimate of drug-likeness (QED) is 0.582. The van der Waals surface area contributed by atoms with Crippen LogP contribution in [0.25, 0.3) is 5.65 Å². The molecule has 0 bridgehead atoms. The lowest BCUT2D eigenvalue weighted by Crippen LogP contribution is -2.33. The molecule has 1 aliphatic heterocycles. The van der Waals surface area contributed by atoms with Crippen LogP contribution < -0.4 is 16.0 Å². The maximum absolute atomic E-state index is 4.89. The highest BCUT2D eigenvalue weighted by Crippen LogP contribution is 2.24. The minimum Gasteiger partial charge on any atom is -0.370 e. The summed E-state index contributed by atoms with van der Waals surface area (Å²) in [5.74, 6) is 2.91. The van der Waals surface area contributed by atoms with Gasteiger partial charge in [0.2, 0.25) is 0 Å². The molecular weight excluding hydrogens is 348 g/mol. The van der Waals surface area contributed by atoms with Crippen molar-refractivity contribution in [3.05, 3.63) is 53.7 Å². The summed E-state index contributed by atoms with van der Waals surface area (Å²) in [4.78, 5) is 4.89. The summed E-state index contributed by atoms with van der Waals surface area (Å²) in [6, 6.07) is 12.5. The van der Waals surface area contributed by atoms with E-state index in [-0.39, 0.29) is 0 Å². The lowest BCUT2D eigenvalue weighted by molar-refractivity contribution is 0.392. The van der Waals surface area contributed by atoms with E-state index in [1.165, 1.54) is 24.0 Å². The van der Waals surface area contributed by atoms with Gasteiger partial charge in [0.25, 0.3) is 0 Å². The monoisotopic (exact) mass is 378 g/mol. The number of hydrogen-bond acceptors (Lipinski definition) is 5. The van der Waals surface area contributed by atoms with Gasteiger partial charge >= 0.3 is 0 Å². The Kier molecular flexibility index (Phi) is 5.76. The maximum atomic E-state index is 4.89. The van der Waals surface area contributed by atoms with Crippen molar-refractivity contribution in [1.29, 1.82) is 0 Å². The Bertz CT molecular complexity index is 896. The summed E-state index contributed by atoms with van der Waals surface area (Å²) >= 11 is 0. The van der Waals surface area contributed by atoms with E-state index in [9.17, 15) is 0 Å².